The molecule has 1 amide bonds. The van der Waals surface area contributed by atoms with E-state index in [-0.39, 0.29) is 11.3 Å². The Morgan fingerprint density at radius 1 is 1.15 bits per heavy atom. The summed E-state index contributed by atoms with van der Waals surface area (Å²) in [6.45, 7) is 12.2. The molecule has 0 saturated carbocycles. The molecular weight excluding hydrogens is 322 g/mol. The number of nitrogens with one attached hydrogen (secondary N) is 1. The van der Waals surface area contributed by atoms with Crippen LogP contribution in [0.25, 0.3) is 11.0 Å². The van der Waals surface area contributed by atoms with Crippen LogP contribution in [0.5, 0.6) is 0 Å². The standard InChI is InChI=1S/C22H35N3O/c1-17(2)14-16-25-19-12-9-8-11-18(19)24-20(25)13-7-6-10-15-23-21(26)22(3,4)5/h8-9,11-12,17H,6-7,10,13-16H2,1-5H3,(H,23,26). The summed E-state index contributed by atoms with van der Waals surface area (Å²) < 4.78 is 2.40. The Bertz CT molecular complexity index is 710. The van der Waals surface area contributed by atoms with Crippen LogP contribution in [-0.2, 0) is 17.8 Å². The predicted octanol–water partition coefficient (Wildman–Crippen LogP) is 4.96. The third-order valence-electron chi connectivity index (χ3n) is 4.71. The molecule has 0 aliphatic carbocycles. The van der Waals surface area contributed by atoms with Gasteiger partial charge in [-0.2, -0.15) is 0 Å². The first-order chi connectivity index (χ1) is 12.3. The zero-order valence-electron chi connectivity index (χ0n) is 17.1. The second-order valence-electron chi connectivity index (χ2n) is 8.67. The third kappa shape index (κ3) is 5.86. The third-order valence-corrected chi connectivity index (χ3v) is 4.71. The lowest BCUT2D eigenvalue weighted by molar-refractivity contribution is -0.128. The summed E-state index contributed by atoms with van der Waals surface area (Å²) in [7, 11) is 0. The van der Waals surface area contributed by atoms with E-state index in [1.54, 1.807) is 0 Å². The minimum Gasteiger partial charge on any atom is -0.356 e. The van der Waals surface area contributed by atoms with Crippen molar-refractivity contribution in [2.24, 2.45) is 11.3 Å². The fourth-order valence-corrected chi connectivity index (χ4v) is 3.01. The SMILES string of the molecule is CC(C)CCn1c(CCCCCNC(=O)C(C)(C)C)nc2ccccc21. The van der Waals surface area contributed by atoms with Crippen LogP contribution in [0.3, 0.4) is 0 Å². The van der Waals surface area contributed by atoms with Gasteiger partial charge < -0.3 is 9.88 Å². The van der Waals surface area contributed by atoms with Crippen LogP contribution in [0.15, 0.2) is 24.3 Å². The summed E-state index contributed by atoms with van der Waals surface area (Å²) in [6, 6.07) is 8.43. The molecule has 0 unspecified atom stereocenters. The molecule has 2 aromatic rings. The first kappa shape index (κ1) is 20.5. The monoisotopic (exact) mass is 357 g/mol. The first-order valence-corrected chi connectivity index (χ1v) is 10.0. The summed E-state index contributed by atoms with van der Waals surface area (Å²) in [4.78, 5) is 16.7. The number of hydrogen-bond donors (Lipinski definition) is 1. The van der Waals surface area contributed by atoms with Gasteiger partial charge in [0, 0.05) is 24.9 Å². The Hall–Kier alpha value is -1.84. The number of aromatic nitrogens is 2. The van der Waals surface area contributed by atoms with Crippen LogP contribution in [-0.4, -0.2) is 22.0 Å². The number of imidazole rings is 1. The molecule has 1 aromatic carbocycles. The number of hydrogen-bond acceptors (Lipinski definition) is 2. The molecule has 0 aliphatic heterocycles. The van der Waals surface area contributed by atoms with Crippen molar-refractivity contribution in [3.8, 4) is 0 Å². The molecule has 0 spiro atoms. The molecule has 0 bridgehead atoms. The molecule has 4 heteroatoms. The number of benzene rings is 1. The minimum absolute atomic E-state index is 0.132. The number of aryl methyl sites for hydroxylation is 2. The van der Waals surface area contributed by atoms with E-state index < -0.39 is 0 Å². The van der Waals surface area contributed by atoms with Crippen molar-refractivity contribution in [1.29, 1.82) is 0 Å². The van der Waals surface area contributed by atoms with E-state index in [2.05, 4.69) is 48.0 Å². The van der Waals surface area contributed by atoms with Crippen LogP contribution in [0.4, 0.5) is 0 Å². The second-order valence-corrected chi connectivity index (χ2v) is 8.67. The van der Waals surface area contributed by atoms with Crippen LogP contribution < -0.4 is 5.32 Å². The Balaban J connectivity index is 1.86. The van der Waals surface area contributed by atoms with E-state index in [1.165, 1.54) is 17.8 Å². The van der Waals surface area contributed by atoms with Gasteiger partial charge >= 0.3 is 0 Å². The Kier molecular flexibility index (Phi) is 7.24. The van der Waals surface area contributed by atoms with Gasteiger partial charge in [0.2, 0.25) is 5.91 Å². The van der Waals surface area contributed by atoms with E-state index in [0.717, 1.165) is 44.3 Å². The lowest BCUT2D eigenvalue weighted by Gasteiger charge is -2.17. The van der Waals surface area contributed by atoms with E-state index in [9.17, 15) is 4.79 Å². The summed E-state index contributed by atoms with van der Waals surface area (Å²) in [6.07, 6.45) is 5.41. The topological polar surface area (TPSA) is 46.9 Å². The van der Waals surface area contributed by atoms with Gasteiger partial charge in [0.05, 0.1) is 11.0 Å². The number of unbranched alkanes of at least 4 members (excludes halogenated alkanes) is 2. The number of nitrogens with zero attached hydrogens (tertiary/aromatic N) is 2. The van der Waals surface area contributed by atoms with Crippen molar-refractivity contribution in [2.75, 3.05) is 6.54 Å². The molecule has 4 nitrogen and oxygen atoms in total. The van der Waals surface area contributed by atoms with Crippen LogP contribution >= 0.6 is 0 Å². The smallest absolute Gasteiger partial charge is 0.225 e. The average Bonchev–Trinajstić information content (AvgIpc) is 2.92. The maximum Gasteiger partial charge on any atom is 0.225 e. The molecule has 0 atom stereocenters. The van der Waals surface area contributed by atoms with Crippen LogP contribution in [0, 0.1) is 11.3 Å². The van der Waals surface area contributed by atoms with Crippen molar-refractivity contribution in [1.82, 2.24) is 14.9 Å². The molecule has 0 saturated heterocycles. The Morgan fingerprint density at radius 2 is 1.88 bits per heavy atom. The van der Waals surface area contributed by atoms with E-state index in [4.69, 9.17) is 4.98 Å². The molecule has 0 aliphatic rings. The fraction of sp³-hybridized carbons (Fsp3) is 0.636. The summed E-state index contributed by atoms with van der Waals surface area (Å²) in [5.74, 6) is 2.02. The maximum atomic E-state index is 11.9. The highest BCUT2D eigenvalue weighted by Gasteiger charge is 2.20. The highest BCUT2D eigenvalue weighted by atomic mass is 16.2. The van der Waals surface area contributed by atoms with Crippen molar-refractivity contribution in [2.45, 2.75) is 73.3 Å². The summed E-state index contributed by atoms with van der Waals surface area (Å²) in [5.41, 5.74) is 2.05. The quantitative estimate of drug-likeness (QED) is 0.645. The van der Waals surface area contributed by atoms with Crippen molar-refractivity contribution in [3.63, 3.8) is 0 Å². The summed E-state index contributed by atoms with van der Waals surface area (Å²) >= 11 is 0. The number of carbonyl (C=O) groups excluding carboxylic acids is 1. The van der Waals surface area contributed by atoms with Gasteiger partial charge in [0.1, 0.15) is 5.82 Å². The van der Waals surface area contributed by atoms with Gasteiger partial charge in [-0.3, -0.25) is 4.79 Å². The number of para-hydroxylation sites is 2. The number of rotatable bonds is 9. The van der Waals surface area contributed by atoms with Gasteiger partial charge in [0.25, 0.3) is 0 Å². The molecular formula is C22H35N3O. The Morgan fingerprint density at radius 3 is 2.58 bits per heavy atom. The highest BCUT2D eigenvalue weighted by Crippen LogP contribution is 2.19. The van der Waals surface area contributed by atoms with Gasteiger partial charge in [0.15, 0.2) is 0 Å². The largest absolute Gasteiger partial charge is 0.356 e. The number of fused-ring (bicyclic) bond motifs is 1. The van der Waals surface area contributed by atoms with E-state index in [0.29, 0.717) is 5.92 Å². The lowest BCUT2D eigenvalue weighted by atomic mass is 9.96. The molecule has 144 valence electrons. The molecule has 2 rings (SSSR count). The first-order valence-electron chi connectivity index (χ1n) is 10.0. The normalized spacial score (nSPS) is 12.1. The second kappa shape index (κ2) is 9.20. The molecule has 1 heterocycles. The molecule has 0 fully saturated rings. The molecule has 1 aromatic heterocycles. The summed E-state index contributed by atoms with van der Waals surface area (Å²) in [5, 5.41) is 3.03. The van der Waals surface area contributed by atoms with Gasteiger partial charge in [-0.15, -0.1) is 0 Å². The van der Waals surface area contributed by atoms with Crippen molar-refractivity contribution >= 4 is 16.9 Å². The lowest BCUT2D eigenvalue weighted by Crippen LogP contribution is -2.35. The van der Waals surface area contributed by atoms with Crippen molar-refractivity contribution in [3.05, 3.63) is 30.1 Å². The van der Waals surface area contributed by atoms with E-state index in [1.807, 2.05) is 20.8 Å². The van der Waals surface area contributed by atoms with E-state index >= 15 is 0 Å². The van der Waals surface area contributed by atoms with Crippen LogP contribution in [0.2, 0.25) is 0 Å². The van der Waals surface area contributed by atoms with Gasteiger partial charge in [-0.05, 0) is 37.3 Å². The van der Waals surface area contributed by atoms with Crippen LogP contribution in [0.1, 0.15) is 66.1 Å². The minimum atomic E-state index is -0.304. The Labute approximate surface area is 158 Å². The maximum absolute atomic E-state index is 11.9. The fourth-order valence-electron chi connectivity index (χ4n) is 3.01. The number of amides is 1. The van der Waals surface area contributed by atoms with Gasteiger partial charge in [-0.1, -0.05) is 53.2 Å². The zero-order chi connectivity index (χ0) is 19.2. The number of carbonyl (C=O) groups is 1. The molecule has 26 heavy (non-hydrogen) atoms. The molecule has 0 radical (unpaired) electrons. The van der Waals surface area contributed by atoms with Gasteiger partial charge in [-0.25, -0.2) is 4.98 Å². The highest BCUT2D eigenvalue weighted by molar-refractivity contribution is 5.81. The van der Waals surface area contributed by atoms with Crippen molar-refractivity contribution < 1.29 is 4.79 Å². The average molecular weight is 358 g/mol. The predicted molar refractivity (Wildman–Crippen MR) is 109 cm³/mol. The molecule has 1 N–H and O–H groups in total. The zero-order valence-corrected chi connectivity index (χ0v) is 17.1.